The van der Waals surface area contributed by atoms with Gasteiger partial charge in [-0.25, -0.2) is 14.2 Å². The number of rotatable bonds is 6. The number of nitrogens with zero attached hydrogens (tertiary/aromatic N) is 2. The molecule has 1 aromatic rings. The molecule has 114 valence electrons. The highest BCUT2D eigenvalue weighted by Gasteiger charge is 2.21. The number of pyridine rings is 1. The first kappa shape index (κ1) is 17.0. The molecule has 0 radical (unpaired) electrons. The van der Waals surface area contributed by atoms with Gasteiger partial charge in [-0.1, -0.05) is 24.9 Å². The molecule has 8 heteroatoms. The smallest absolute Gasteiger partial charge is 0.404 e. The fraction of sp³-hybridized carbons (Fsp3) is 0.462. The number of hydrogen-bond donors (Lipinski definition) is 3. The highest BCUT2D eigenvalue weighted by Crippen LogP contribution is 2.21. The minimum Gasteiger partial charge on any atom is -0.465 e. The van der Waals surface area contributed by atoms with E-state index in [1.54, 1.807) is 13.0 Å². The predicted molar refractivity (Wildman–Crippen MR) is 76.9 cm³/mol. The van der Waals surface area contributed by atoms with Crippen molar-refractivity contribution in [2.75, 3.05) is 5.32 Å². The first-order valence-electron chi connectivity index (χ1n) is 6.41. The average Bonchev–Trinajstić information content (AvgIpc) is 2.40. The zero-order valence-corrected chi connectivity index (χ0v) is 12.4. The summed E-state index contributed by atoms with van der Waals surface area (Å²) in [7, 11) is 0. The van der Waals surface area contributed by atoms with Crippen LogP contribution < -0.4 is 10.6 Å². The Kier molecular flexibility index (Phi) is 6.18. The van der Waals surface area contributed by atoms with Crippen molar-refractivity contribution in [1.82, 2.24) is 10.3 Å². The maximum atomic E-state index is 13.9. The van der Waals surface area contributed by atoms with Gasteiger partial charge in [-0.2, -0.15) is 5.26 Å². The molecule has 0 aliphatic heterocycles. The van der Waals surface area contributed by atoms with Gasteiger partial charge in [0.2, 0.25) is 0 Å². The summed E-state index contributed by atoms with van der Waals surface area (Å²) >= 11 is 5.78. The van der Waals surface area contributed by atoms with E-state index >= 15 is 0 Å². The standard InChI is InChI=1S/C13H16ClFN4O2/c1-3-4-10(7(2)17-13(20)21)18-12-9(15)5-8(6-16)11(14)19-12/h5,7,10,17H,3-4H2,1-2H3,(H,18,19)(H,20,21)/t7-,10+/m0/s1. The molecule has 0 bridgehead atoms. The van der Waals surface area contributed by atoms with Crippen molar-refractivity contribution in [2.45, 2.75) is 38.8 Å². The van der Waals surface area contributed by atoms with Crippen LogP contribution in [0.15, 0.2) is 6.07 Å². The molecule has 0 saturated heterocycles. The van der Waals surface area contributed by atoms with Crippen LogP contribution in [0.5, 0.6) is 0 Å². The molecular formula is C13H16ClFN4O2. The number of amides is 1. The van der Waals surface area contributed by atoms with Crippen LogP contribution in [-0.2, 0) is 0 Å². The molecule has 0 spiro atoms. The van der Waals surface area contributed by atoms with E-state index in [1.165, 1.54) is 0 Å². The first-order chi connectivity index (χ1) is 9.88. The van der Waals surface area contributed by atoms with Crippen molar-refractivity contribution < 1.29 is 14.3 Å². The van der Waals surface area contributed by atoms with E-state index in [9.17, 15) is 9.18 Å². The van der Waals surface area contributed by atoms with Gasteiger partial charge in [-0.15, -0.1) is 0 Å². The van der Waals surface area contributed by atoms with Gasteiger partial charge in [0.05, 0.1) is 5.56 Å². The van der Waals surface area contributed by atoms with Crippen LogP contribution in [0.25, 0.3) is 0 Å². The van der Waals surface area contributed by atoms with Gasteiger partial charge < -0.3 is 15.7 Å². The quantitative estimate of drug-likeness (QED) is 0.701. The summed E-state index contributed by atoms with van der Waals surface area (Å²) in [4.78, 5) is 14.5. The Labute approximate surface area is 126 Å². The molecule has 0 aromatic carbocycles. The molecule has 21 heavy (non-hydrogen) atoms. The van der Waals surface area contributed by atoms with E-state index in [2.05, 4.69) is 15.6 Å². The van der Waals surface area contributed by atoms with Gasteiger partial charge in [0.15, 0.2) is 11.6 Å². The number of carbonyl (C=O) groups is 1. The van der Waals surface area contributed by atoms with Gasteiger partial charge in [0, 0.05) is 12.1 Å². The molecule has 0 aliphatic carbocycles. The van der Waals surface area contributed by atoms with Crippen LogP contribution in [0.1, 0.15) is 32.3 Å². The summed E-state index contributed by atoms with van der Waals surface area (Å²) in [6.45, 7) is 3.60. The normalized spacial score (nSPS) is 13.1. The van der Waals surface area contributed by atoms with Crippen LogP contribution in [-0.4, -0.2) is 28.3 Å². The number of aromatic nitrogens is 1. The third-order valence-corrected chi connectivity index (χ3v) is 3.21. The monoisotopic (exact) mass is 314 g/mol. The van der Waals surface area contributed by atoms with Crippen LogP contribution in [0.3, 0.4) is 0 Å². The van der Waals surface area contributed by atoms with Crippen molar-refractivity contribution >= 4 is 23.5 Å². The Hall–Kier alpha value is -2.07. The summed E-state index contributed by atoms with van der Waals surface area (Å²) < 4.78 is 13.9. The molecular weight excluding hydrogens is 299 g/mol. The maximum absolute atomic E-state index is 13.9. The number of halogens is 2. The summed E-state index contributed by atoms with van der Waals surface area (Å²) in [5, 5.41) is 22.6. The third kappa shape index (κ3) is 4.76. The fourth-order valence-corrected chi connectivity index (χ4v) is 2.06. The van der Waals surface area contributed by atoms with Gasteiger partial charge in [0.25, 0.3) is 0 Å². The lowest BCUT2D eigenvalue weighted by Gasteiger charge is -2.25. The molecule has 3 N–H and O–H groups in total. The zero-order valence-electron chi connectivity index (χ0n) is 11.7. The zero-order chi connectivity index (χ0) is 16.0. The van der Waals surface area contributed by atoms with Crippen LogP contribution in [0.2, 0.25) is 5.15 Å². The van der Waals surface area contributed by atoms with Gasteiger partial charge in [0.1, 0.15) is 11.2 Å². The van der Waals surface area contributed by atoms with Crippen LogP contribution >= 0.6 is 11.6 Å². The largest absolute Gasteiger partial charge is 0.465 e. The molecule has 1 rings (SSSR count). The minimum absolute atomic E-state index is 0.0523. The molecule has 0 unspecified atom stereocenters. The first-order valence-corrected chi connectivity index (χ1v) is 6.79. The fourth-order valence-electron chi connectivity index (χ4n) is 1.88. The van der Waals surface area contributed by atoms with E-state index in [0.29, 0.717) is 6.42 Å². The molecule has 0 saturated carbocycles. The molecule has 1 heterocycles. The SMILES string of the molecule is CCC[C@@H](Nc1nc(Cl)c(C#N)cc1F)[C@H](C)NC(=O)O. The number of hydrogen-bond acceptors (Lipinski definition) is 4. The number of carboxylic acid groups (broad SMARTS) is 1. The molecule has 6 nitrogen and oxygen atoms in total. The number of nitrogens with one attached hydrogen (secondary N) is 2. The summed E-state index contributed by atoms with van der Waals surface area (Å²) in [5.74, 6) is -0.809. The summed E-state index contributed by atoms with van der Waals surface area (Å²) in [5.41, 5.74) is -0.0523. The summed E-state index contributed by atoms with van der Waals surface area (Å²) in [6.07, 6.45) is 0.228. The molecule has 2 atom stereocenters. The molecule has 1 aromatic heterocycles. The topological polar surface area (TPSA) is 98.0 Å². The molecule has 0 aliphatic rings. The van der Waals surface area contributed by atoms with E-state index in [1.807, 2.05) is 6.92 Å². The minimum atomic E-state index is -1.16. The number of anilines is 1. The van der Waals surface area contributed by atoms with Crippen molar-refractivity contribution in [1.29, 1.82) is 5.26 Å². The van der Waals surface area contributed by atoms with Crippen molar-refractivity contribution in [3.63, 3.8) is 0 Å². The Bertz CT molecular complexity index is 562. The van der Waals surface area contributed by atoms with Gasteiger partial charge in [-0.3, -0.25) is 0 Å². The van der Waals surface area contributed by atoms with E-state index < -0.39 is 18.0 Å². The molecule has 1 amide bonds. The van der Waals surface area contributed by atoms with Crippen LogP contribution in [0.4, 0.5) is 15.0 Å². The molecule has 0 fully saturated rings. The number of nitriles is 1. The van der Waals surface area contributed by atoms with Gasteiger partial charge in [-0.05, 0) is 19.4 Å². The lowest BCUT2D eigenvalue weighted by molar-refractivity contribution is 0.189. The highest BCUT2D eigenvalue weighted by molar-refractivity contribution is 6.30. The lowest BCUT2D eigenvalue weighted by atomic mass is 10.0. The lowest BCUT2D eigenvalue weighted by Crippen LogP contribution is -2.44. The van der Waals surface area contributed by atoms with Crippen LogP contribution in [0, 0.1) is 17.1 Å². The average molecular weight is 315 g/mol. The van der Waals surface area contributed by atoms with Crippen molar-refractivity contribution in [2.24, 2.45) is 0 Å². The maximum Gasteiger partial charge on any atom is 0.404 e. The van der Waals surface area contributed by atoms with Crippen molar-refractivity contribution in [3.8, 4) is 6.07 Å². The van der Waals surface area contributed by atoms with Gasteiger partial charge >= 0.3 is 6.09 Å². The van der Waals surface area contributed by atoms with Crippen molar-refractivity contribution in [3.05, 3.63) is 22.6 Å². The highest BCUT2D eigenvalue weighted by atomic mass is 35.5. The second-order valence-corrected chi connectivity index (χ2v) is 4.90. The Morgan fingerprint density at radius 2 is 2.33 bits per heavy atom. The second-order valence-electron chi connectivity index (χ2n) is 4.55. The Morgan fingerprint density at radius 1 is 1.67 bits per heavy atom. The second kappa shape index (κ2) is 7.64. The van der Waals surface area contributed by atoms with E-state index in [4.69, 9.17) is 22.0 Å². The Balaban J connectivity index is 2.96. The third-order valence-electron chi connectivity index (χ3n) is 2.93. The van der Waals surface area contributed by atoms with E-state index in [0.717, 1.165) is 12.5 Å². The van der Waals surface area contributed by atoms with E-state index in [-0.39, 0.29) is 22.6 Å². The predicted octanol–water partition coefficient (Wildman–Crippen LogP) is 2.98. The summed E-state index contributed by atoms with van der Waals surface area (Å²) in [6, 6.07) is 1.94. The Morgan fingerprint density at radius 3 is 2.86 bits per heavy atom.